The number of halogens is 3. The Morgan fingerprint density at radius 1 is 1.00 bits per heavy atom. The van der Waals surface area contributed by atoms with Crippen LogP contribution in [0.25, 0.3) is 0 Å². The minimum Gasteiger partial charge on any atom is -0.494 e. The summed E-state index contributed by atoms with van der Waals surface area (Å²) in [6.07, 6.45) is 0.589. The zero-order valence-electron chi connectivity index (χ0n) is 14.1. The van der Waals surface area contributed by atoms with Crippen LogP contribution in [-0.2, 0) is 28.9 Å². The molecule has 1 rings (SSSR count). The van der Waals surface area contributed by atoms with E-state index in [4.69, 9.17) is 18.0 Å². The number of alkyl halides is 3. The smallest absolute Gasteiger partial charge is 0.494 e. The lowest BCUT2D eigenvalue weighted by Crippen LogP contribution is -2.42. The molecule has 0 unspecified atom stereocenters. The van der Waals surface area contributed by atoms with Gasteiger partial charge in [0.05, 0.1) is 12.4 Å². The van der Waals surface area contributed by atoms with Crippen molar-refractivity contribution in [1.29, 1.82) is 0 Å². The molecule has 0 amide bonds. The number of benzene rings is 1. The third kappa shape index (κ3) is 6.26. The summed E-state index contributed by atoms with van der Waals surface area (Å²) in [7, 11) is -3.33. The van der Waals surface area contributed by atoms with Crippen LogP contribution < -0.4 is 4.74 Å². The monoisotopic (exact) mass is 402 g/mol. The number of sulfone groups is 1. The van der Waals surface area contributed by atoms with Gasteiger partial charge in [0.1, 0.15) is 5.75 Å². The van der Waals surface area contributed by atoms with Gasteiger partial charge in [0.25, 0.3) is 9.84 Å². The summed E-state index contributed by atoms with van der Waals surface area (Å²) in [6, 6.07) is 5.97. The van der Waals surface area contributed by atoms with Crippen molar-refractivity contribution in [3.05, 3.63) is 29.8 Å². The van der Waals surface area contributed by atoms with E-state index in [0.717, 1.165) is 0 Å². The van der Waals surface area contributed by atoms with Gasteiger partial charge in [0, 0.05) is 27.4 Å². The van der Waals surface area contributed by atoms with Crippen molar-refractivity contribution >= 4 is 18.6 Å². The predicted octanol–water partition coefficient (Wildman–Crippen LogP) is 2.77. The summed E-state index contributed by atoms with van der Waals surface area (Å²) in [6.45, 7) is 0.324. The Morgan fingerprint density at radius 3 is 1.96 bits per heavy atom. The Labute approximate surface area is 146 Å². The van der Waals surface area contributed by atoms with Crippen molar-refractivity contribution < 1.29 is 39.6 Å². The first kappa shape index (κ1) is 21.9. The maximum atomic E-state index is 12.3. The highest BCUT2D eigenvalue weighted by atomic mass is 32.2. The molecule has 0 atom stereocenters. The summed E-state index contributed by atoms with van der Waals surface area (Å²) in [5, 5.41) is 0. The Morgan fingerprint density at radius 2 is 1.52 bits per heavy atom. The SMILES string of the molecule is CO[Si](CCCOc1ccc(CS(=O)(=O)C(F)(F)F)cc1)(OC)OC. The molecule has 0 saturated heterocycles. The molecule has 6 nitrogen and oxygen atoms in total. The molecular formula is C14H21F3O6SSi. The molecule has 0 heterocycles. The van der Waals surface area contributed by atoms with Gasteiger partial charge in [0.15, 0.2) is 0 Å². The summed E-state index contributed by atoms with van der Waals surface area (Å²) < 4.78 is 80.5. The second-order valence-corrected chi connectivity index (χ2v) is 10.2. The van der Waals surface area contributed by atoms with Crippen LogP contribution in [0.15, 0.2) is 24.3 Å². The molecule has 0 aliphatic rings. The molecule has 144 valence electrons. The van der Waals surface area contributed by atoms with E-state index in [1.54, 1.807) is 0 Å². The molecule has 0 spiro atoms. The average Bonchev–Trinajstić information content (AvgIpc) is 2.56. The maximum absolute atomic E-state index is 12.3. The van der Waals surface area contributed by atoms with Gasteiger partial charge in [-0.2, -0.15) is 13.2 Å². The van der Waals surface area contributed by atoms with E-state index >= 15 is 0 Å². The topological polar surface area (TPSA) is 71.1 Å². The summed E-state index contributed by atoms with van der Waals surface area (Å²) in [5.41, 5.74) is -5.22. The molecule has 0 aromatic heterocycles. The van der Waals surface area contributed by atoms with Crippen molar-refractivity contribution in [2.75, 3.05) is 27.9 Å². The fourth-order valence-electron chi connectivity index (χ4n) is 2.02. The predicted molar refractivity (Wildman–Crippen MR) is 86.8 cm³/mol. The van der Waals surface area contributed by atoms with Crippen molar-refractivity contribution in [1.82, 2.24) is 0 Å². The van der Waals surface area contributed by atoms with Crippen LogP contribution in [0.4, 0.5) is 13.2 Å². The molecule has 1 aromatic rings. The van der Waals surface area contributed by atoms with Gasteiger partial charge in [0.2, 0.25) is 0 Å². The van der Waals surface area contributed by atoms with Gasteiger partial charge >= 0.3 is 14.3 Å². The second-order valence-electron chi connectivity index (χ2n) is 5.10. The van der Waals surface area contributed by atoms with Crippen molar-refractivity contribution in [2.45, 2.75) is 23.7 Å². The van der Waals surface area contributed by atoms with Crippen molar-refractivity contribution in [3.63, 3.8) is 0 Å². The van der Waals surface area contributed by atoms with Gasteiger partial charge in [-0.15, -0.1) is 0 Å². The third-order valence-electron chi connectivity index (χ3n) is 3.46. The van der Waals surface area contributed by atoms with Crippen LogP contribution in [0.1, 0.15) is 12.0 Å². The zero-order valence-corrected chi connectivity index (χ0v) is 15.9. The quantitative estimate of drug-likeness (QED) is 0.443. The van der Waals surface area contributed by atoms with Crippen LogP contribution in [0.5, 0.6) is 5.75 Å². The lowest BCUT2D eigenvalue weighted by molar-refractivity contribution is -0.0437. The highest BCUT2D eigenvalue weighted by Crippen LogP contribution is 2.27. The first-order valence-corrected chi connectivity index (χ1v) is 10.8. The van der Waals surface area contributed by atoms with Gasteiger partial charge in [-0.1, -0.05) is 12.1 Å². The summed E-state index contributed by atoms with van der Waals surface area (Å²) >= 11 is 0. The molecule has 11 heteroatoms. The fraction of sp³-hybridized carbons (Fsp3) is 0.571. The Balaban J connectivity index is 2.53. The minimum absolute atomic E-state index is 0.0363. The van der Waals surface area contributed by atoms with E-state index in [1.165, 1.54) is 45.6 Å². The van der Waals surface area contributed by atoms with Gasteiger partial charge in [-0.3, -0.25) is 0 Å². The molecule has 25 heavy (non-hydrogen) atoms. The zero-order chi connectivity index (χ0) is 19.1. The number of hydrogen-bond acceptors (Lipinski definition) is 6. The molecule has 0 fully saturated rings. The molecular weight excluding hydrogens is 381 g/mol. The van der Waals surface area contributed by atoms with Crippen LogP contribution >= 0.6 is 0 Å². The number of ether oxygens (including phenoxy) is 1. The van der Waals surface area contributed by atoms with E-state index in [1.807, 2.05) is 0 Å². The fourth-order valence-corrected chi connectivity index (χ4v) is 4.50. The molecule has 0 bridgehead atoms. The first-order chi connectivity index (χ1) is 11.6. The van der Waals surface area contributed by atoms with Crippen molar-refractivity contribution in [2.24, 2.45) is 0 Å². The van der Waals surface area contributed by atoms with E-state index in [0.29, 0.717) is 24.8 Å². The van der Waals surface area contributed by atoms with E-state index in [-0.39, 0.29) is 5.56 Å². The van der Waals surface area contributed by atoms with Crippen LogP contribution in [-0.4, -0.2) is 50.7 Å². The lowest BCUT2D eigenvalue weighted by atomic mass is 10.2. The van der Waals surface area contributed by atoms with E-state index in [2.05, 4.69) is 0 Å². The largest absolute Gasteiger partial charge is 0.500 e. The molecule has 0 radical (unpaired) electrons. The van der Waals surface area contributed by atoms with Gasteiger partial charge in [-0.25, -0.2) is 8.42 Å². The third-order valence-corrected chi connectivity index (χ3v) is 7.71. The Kier molecular flexibility index (Phi) is 7.87. The number of rotatable bonds is 10. The normalized spacial score (nSPS) is 13.0. The summed E-state index contributed by atoms with van der Waals surface area (Å²) in [4.78, 5) is 0. The minimum atomic E-state index is -5.26. The summed E-state index contributed by atoms with van der Waals surface area (Å²) in [5.74, 6) is -0.673. The maximum Gasteiger partial charge on any atom is 0.500 e. The van der Waals surface area contributed by atoms with Gasteiger partial charge < -0.3 is 18.0 Å². The van der Waals surface area contributed by atoms with Crippen molar-refractivity contribution in [3.8, 4) is 5.75 Å². The van der Waals surface area contributed by atoms with Crippen LogP contribution in [0, 0.1) is 0 Å². The molecule has 1 aromatic carbocycles. The highest BCUT2D eigenvalue weighted by Gasteiger charge is 2.45. The van der Waals surface area contributed by atoms with E-state index < -0.39 is 29.9 Å². The molecule has 0 saturated carbocycles. The highest BCUT2D eigenvalue weighted by molar-refractivity contribution is 7.91. The number of hydrogen-bond donors (Lipinski definition) is 0. The molecule has 0 aliphatic heterocycles. The van der Waals surface area contributed by atoms with Gasteiger partial charge in [-0.05, 0) is 24.1 Å². The second kappa shape index (κ2) is 8.99. The standard InChI is InChI=1S/C14H21F3O6SSi/c1-20-25(21-2,22-3)10-4-9-23-13-7-5-12(6-8-13)11-24(18,19)14(15,16)17/h5-8H,4,9-11H2,1-3H3. The Bertz CT molecular complexity index is 621. The van der Waals surface area contributed by atoms with Crippen LogP contribution in [0.2, 0.25) is 6.04 Å². The lowest BCUT2D eigenvalue weighted by Gasteiger charge is -2.24. The Hall–Kier alpha value is -1.14. The van der Waals surface area contributed by atoms with Crippen LogP contribution in [0.3, 0.4) is 0 Å². The average molecular weight is 402 g/mol. The molecule has 0 aliphatic carbocycles. The first-order valence-electron chi connectivity index (χ1n) is 7.25. The molecule has 0 N–H and O–H groups in total. The van der Waals surface area contributed by atoms with E-state index in [9.17, 15) is 21.6 Å².